The first-order valence-electron chi connectivity index (χ1n) is 7.63. The Bertz CT molecular complexity index is 1010. The molecule has 14 heteroatoms. The lowest BCUT2D eigenvalue weighted by atomic mass is 10.2. The zero-order valence-corrected chi connectivity index (χ0v) is 17.9. The minimum absolute atomic E-state index is 0.116. The highest BCUT2D eigenvalue weighted by molar-refractivity contribution is 8.01. The van der Waals surface area contributed by atoms with Gasteiger partial charge in [0.1, 0.15) is 6.54 Å². The number of carbonyl (C=O) groups excluding carboxylic acids is 1. The van der Waals surface area contributed by atoms with Gasteiger partial charge < -0.3 is 0 Å². The van der Waals surface area contributed by atoms with Crippen LogP contribution in [0.1, 0.15) is 5.56 Å². The molecule has 7 nitrogen and oxygen atoms in total. The second kappa shape index (κ2) is 9.32. The third kappa shape index (κ3) is 6.59. The zero-order chi connectivity index (χ0) is 21.8. The van der Waals surface area contributed by atoms with Gasteiger partial charge in [-0.25, -0.2) is 8.42 Å². The number of carbonyl (C=O) groups is 1. The Morgan fingerprint density at radius 3 is 2.69 bits per heavy atom. The van der Waals surface area contributed by atoms with Crippen molar-refractivity contribution in [3.8, 4) is 0 Å². The third-order valence-electron chi connectivity index (χ3n) is 3.21. The molecule has 158 valence electrons. The molecule has 2 rings (SSSR count). The Morgan fingerprint density at radius 2 is 2.10 bits per heavy atom. The summed E-state index contributed by atoms with van der Waals surface area (Å²) < 4.78 is 64.3. The van der Waals surface area contributed by atoms with Crippen LogP contribution in [0.5, 0.6) is 0 Å². The number of benzene rings is 1. The van der Waals surface area contributed by atoms with Crippen LogP contribution in [0.15, 0.2) is 35.2 Å². The quantitative estimate of drug-likeness (QED) is 0.346. The van der Waals surface area contributed by atoms with Crippen LogP contribution in [-0.2, 0) is 21.0 Å². The van der Waals surface area contributed by atoms with Crippen LogP contribution in [-0.4, -0.2) is 43.1 Å². The predicted octanol–water partition coefficient (Wildman–Crippen LogP) is 3.89. The first-order valence-corrected chi connectivity index (χ1v) is 11.7. The Kier molecular flexibility index (Phi) is 7.54. The van der Waals surface area contributed by atoms with Gasteiger partial charge >= 0.3 is 6.18 Å². The van der Waals surface area contributed by atoms with E-state index in [1.54, 1.807) is 6.08 Å². The van der Waals surface area contributed by atoms with Gasteiger partial charge in [0.15, 0.2) is 4.34 Å². The van der Waals surface area contributed by atoms with Crippen molar-refractivity contribution in [2.75, 3.05) is 28.2 Å². The number of hydrogen-bond acceptors (Lipinski definition) is 7. The average molecular weight is 487 g/mol. The van der Waals surface area contributed by atoms with Crippen molar-refractivity contribution in [1.29, 1.82) is 0 Å². The lowest BCUT2D eigenvalue weighted by Gasteiger charge is -2.23. The van der Waals surface area contributed by atoms with Crippen LogP contribution in [0, 0.1) is 0 Å². The van der Waals surface area contributed by atoms with Gasteiger partial charge in [-0.2, -0.15) is 13.2 Å². The number of sulfonamides is 1. The Hall–Kier alpha value is -1.83. The van der Waals surface area contributed by atoms with Crippen molar-refractivity contribution in [3.05, 3.63) is 41.4 Å². The number of halogens is 4. The molecule has 0 saturated heterocycles. The number of rotatable bonds is 8. The number of anilines is 2. The zero-order valence-electron chi connectivity index (χ0n) is 14.7. The van der Waals surface area contributed by atoms with Crippen molar-refractivity contribution < 1.29 is 26.4 Å². The minimum atomic E-state index is -4.71. The molecule has 0 bridgehead atoms. The summed E-state index contributed by atoms with van der Waals surface area (Å²) in [6.07, 6.45) is -2.30. The highest BCUT2D eigenvalue weighted by Crippen LogP contribution is 2.36. The van der Waals surface area contributed by atoms with E-state index in [1.165, 1.54) is 11.8 Å². The number of nitrogens with one attached hydrogen (secondary N) is 1. The molecule has 0 fully saturated rings. The number of aromatic nitrogens is 2. The van der Waals surface area contributed by atoms with E-state index in [0.29, 0.717) is 20.5 Å². The molecular weight excluding hydrogens is 473 g/mol. The van der Waals surface area contributed by atoms with E-state index in [4.69, 9.17) is 11.6 Å². The van der Waals surface area contributed by atoms with Crippen molar-refractivity contribution >= 4 is 61.4 Å². The van der Waals surface area contributed by atoms with Crippen molar-refractivity contribution in [3.63, 3.8) is 0 Å². The second-order valence-corrected chi connectivity index (χ2v) is 10.0. The maximum Gasteiger partial charge on any atom is 0.416 e. The Balaban J connectivity index is 2.25. The van der Waals surface area contributed by atoms with Crippen LogP contribution in [0.4, 0.5) is 24.0 Å². The number of amides is 1. The molecule has 2 aromatic rings. The fourth-order valence-electron chi connectivity index (χ4n) is 2.00. The van der Waals surface area contributed by atoms with Gasteiger partial charge in [0.05, 0.1) is 22.5 Å². The van der Waals surface area contributed by atoms with Gasteiger partial charge in [0, 0.05) is 5.75 Å². The van der Waals surface area contributed by atoms with E-state index < -0.39 is 39.9 Å². The van der Waals surface area contributed by atoms with Gasteiger partial charge in [-0.15, -0.1) is 16.8 Å². The molecule has 1 heterocycles. The van der Waals surface area contributed by atoms with Crippen molar-refractivity contribution in [2.45, 2.75) is 10.5 Å². The van der Waals surface area contributed by atoms with Crippen molar-refractivity contribution in [1.82, 2.24) is 10.2 Å². The molecule has 0 spiro atoms. The molecule has 29 heavy (non-hydrogen) atoms. The smallest absolute Gasteiger partial charge is 0.299 e. The number of alkyl halides is 3. The highest BCUT2D eigenvalue weighted by atomic mass is 35.5. The van der Waals surface area contributed by atoms with Crippen LogP contribution in [0.25, 0.3) is 0 Å². The maximum absolute atomic E-state index is 13.0. The van der Waals surface area contributed by atoms with Crippen LogP contribution in [0.2, 0.25) is 5.02 Å². The van der Waals surface area contributed by atoms with Gasteiger partial charge in [0.25, 0.3) is 0 Å². The summed E-state index contributed by atoms with van der Waals surface area (Å²) in [6, 6.07) is 2.21. The van der Waals surface area contributed by atoms with Gasteiger partial charge in [-0.05, 0) is 18.2 Å². The highest BCUT2D eigenvalue weighted by Gasteiger charge is 2.33. The summed E-state index contributed by atoms with van der Waals surface area (Å²) in [5.74, 6) is -0.237. The Labute approximate surface area is 178 Å². The first-order chi connectivity index (χ1) is 13.4. The van der Waals surface area contributed by atoms with E-state index >= 15 is 0 Å². The molecule has 0 unspecified atom stereocenters. The third-order valence-corrected chi connectivity index (χ3v) is 6.62. The molecule has 1 N–H and O–H groups in total. The predicted molar refractivity (Wildman–Crippen MR) is 108 cm³/mol. The molecule has 0 aliphatic carbocycles. The van der Waals surface area contributed by atoms with E-state index in [9.17, 15) is 26.4 Å². The lowest BCUT2D eigenvalue weighted by molar-refractivity contribution is -0.137. The summed E-state index contributed by atoms with van der Waals surface area (Å²) in [4.78, 5) is 12.3. The monoisotopic (exact) mass is 486 g/mol. The molecule has 0 aliphatic heterocycles. The first kappa shape index (κ1) is 23.4. The molecule has 0 radical (unpaired) electrons. The molecule has 0 aliphatic rings. The fourth-order valence-corrected chi connectivity index (χ4v) is 4.66. The summed E-state index contributed by atoms with van der Waals surface area (Å²) >= 11 is 8.30. The van der Waals surface area contributed by atoms with E-state index in [1.807, 2.05) is 0 Å². The maximum atomic E-state index is 13.0. The van der Waals surface area contributed by atoms with Crippen molar-refractivity contribution in [2.24, 2.45) is 0 Å². The molecule has 1 aromatic carbocycles. The second-order valence-electron chi connectivity index (χ2n) is 5.45. The summed E-state index contributed by atoms with van der Waals surface area (Å²) in [5, 5.41) is 9.82. The molecule has 1 aromatic heterocycles. The largest absolute Gasteiger partial charge is 0.416 e. The van der Waals surface area contributed by atoms with E-state index in [2.05, 4.69) is 22.1 Å². The van der Waals surface area contributed by atoms with E-state index in [-0.39, 0.29) is 10.2 Å². The normalized spacial score (nSPS) is 11.9. The average Bonchev–Trinajstić information content (AvgIpc) is 3.04. The lowest BCUT2D eigenvalue weighted by Crippen LogP contribution is -2.37. The van der Waals surface area contributed by atoms with Gasteiger partial charge in [-0.3, -0.25) is 14.4 Å². The summed E-state index contributed by atoms with van der Waals surface area (Å²) in [5.41, 5.74) is -1.56. The molecule has 0 atom stereocenters. The minimum Gasteiger partial charge on any atom is -0.299 e. The van der Waals surface area contributed by atoms with Crippen LogP contribution >= 0.6 is 34.7 Å². The summed E-state index contributed by atoms with van der Waals surface area (Å²) in [7, 11) is -4.12. The number of nitrogens with zero attached hydrogens (tertiary/aromatic N) is 3. The van der Waals surface area contributed by atoms with Crippen LogP contribution in [0.3, 0.4) is 0 Å². The molecule has 0 saturated carbocycles. The molecular formula is C15H14ClF3N4O3S3. The topological polar surface area (TPSA) is 92.3 Å². The number of thioether (sulfide) groups is 1. The van der Waals surface area contributed by atoms with E-state index in [0.717, 1.165) is 29.7 Å². The Morgan fingerprint density at radius 1 is 1.41 bits per heavy atom. The fraction of sp³-hybridized carbons (Fsp3) is 0.267. The summed E-state index contributed by atoms with van der Waals surface area (Å²) in [6.45, 7) is 2.77. The van der Waals surface area contributed by atoms with Crippen LogP contribution < -0.4 is 9.62 Å². The SMILES string of the molecule is C=CCSc1nnc(NC(=O)CN(c2cc(C(F)(F)F)ccc2Cl)S(C)(=O)=O)s1. The molecule has 1 amide bonds. The van der Waals surface area contributed by atoms with Gasteiger partial charge in [-0.1, -0.05) is 40.8 Å². The standard InChI is InChI=1S/C15H14ClF3N4O3S3/c1-3-6-27-14-22-21-13(28-14)20-12(24)8-23(29(2,25)26)11-7-9(15(17,18)19)4-5-10(11)16/h3-5,7H,1,6,8H2,2H3,(H,20,21,24). The number of hydrogen-bond donors (Lipinski definition) is 1. The van der Waals surface area contributed by atoms with Gasteiger partial charge in [0.2, 0.25) is 21.1 Å².